The van der Waals surface area contributed by atoms with Crippen LogP contribution in [-0.4, -0.2) is 71.8 Å². The Morgan fingerprint density at radius 3 is 1.67 bits per heavy atom. The van der Waals surface area contributed by atoms with E-state index in [0.29, 0.717) is 11.1 Å². The first-order valence-electron chi connectivity index (χ1n) is 17.9. The molecule has 21 heteroatoms. The van der Waals surface area contributed by atoms with Gasteiger partial charge in [-0.25, -0.2) is 13.2 Å². The Bertz CT molecular complexity index is 3150. The second-order valence-corrected chi connectivity index (χ2v) is 16.2. The maximum atomic E-state index is 13.5. The van der Waals surface area contributed by atoms with E-state index in [1.807, 2.05) is 0 Å². The number of carbonyl (C=O) groups is 5. The Hall–Kier alpha value is -6.91. The van der Waals surface area contributed by atoms with Crippen LogP contribution in [0.4, 0.5) is 22.7 Å². The molecule has 0 fully saturated rings. The van der Waals surface area contributed by atoms with E-state index in [-0.39, 0.29) is 85.7 Å². The molecule has 0 aromatic heterocycles. The second-order valence-electron chi connectivity index (χ2n) is 13.5. The number of aryl methyl sites for hydroxylation is 1. The molecule has 0 bridgehead atoms. The number of nitrogens with zero attached hydrogens (tertiary/aromatic N) is 2. The number of hydrazone groups is 2. The summed E-state index contributed by atoms with van der Waals surface area (Å²) in [5, 5.41) is 22.5. The molecule has 2 aliphatic carbocycles. The molecule has 5 aromatic rings. The minimum absolute atomic E-state index is 0. The van der Waals surface area contributed by atoms with E-state index >= 15 is 0 Å². The van der Waals surface area contributed by atoms with Crippen molar-refractivity contribution in [2.45, 2.75) is 6.92 Å². The average Bonchev–Trinajstić information content (AvgIpc) is 3.22. The zero-order valence-corrected chi connectivity index (χ0v) is 36.4. The number of aromatic carboxylic acids is 1. The van der Waals surface area contributed by atoms with Gasteiger partial charge in [-0.2, -0.15) is 18.6 Å². The Labute approximate surface area is 380 Å². The molecule has 0 saturated heterocycles. The normalized spacial score (nSPS) is 14.7. The van der Waals surface area contributed by atoms with Crippen molar-refractivity contribution in [2.24, 2.45) is 10.2 Å². The monoisotopic (exact) mass is 896 g/mol. The molecule has 2 aliphatic rings. The molecule has 0 radical (unpaired) electrons. The Balaban J connectivity index is 0.00000661. The summed E-state index contributed by atoms with van der Waals surface area (Å²) in [5.74, 6) is -4.24. The number of carboxylic acid groups (broad SMARTS) is 1. The molecule has 7 rings (SSSR count). The average molecular weight is 897 g/mol. The van der Waals surface area contributed by atoms with E-state index < -0.39 is 70.8 Å². The van der Waals surface area contributed by atoms with Crippen LogP contribution in [0, 0.1) is 6.92 Å². The van der Waals surface area contributed by atoms with Gasteiger partial charge in [0.15, 0.2) is 5.71 Å². The van der Waals surface area contributed by atoms with Gasteiger partial charge in [-0.15, -0.1) is 0 Å². The fourth-order valence-corrected chi connectivity index (χ4v) is 7.66. The summed E-state index contributed by atoms with van der Waals surface area (Å²) in [6.07, 6.45) is 1.96. The van der Waals surface area contributed by atoms with Gasteiger partial charge in [0.1, 0.15) is 20.7 Å². The van der Waals surface area contributed by atoms with Crippen LogP contribution in [0.2, 0.25) is 0 Å². The van der Waals surface area contributed by atoms with Crippen LogP contribution in [0.1, 0.15) is 68.5 Å². The zero-order chi connectivity index (χ0) is 44.5. The van der Waals surface area contributed by atoms with Crippen molar-refractivity contribution in [3.05, 3.63) is 164 Å². The number of hydrogen-bond donors (Lipinski definition) is 6. The third kappa shape index (κ3) is 9.92. The van der Waals surface area contributed by atoms with Gasteiger partial charge >= 0.3 is 35.5 Å². The van der Waals surface area contributed by atoms with Crippen LogP contribution in [-0.2, 0) is 20.2 Å². The number of carbonyl (C=O) groups excluding carboxylic acids is 4. The number of rotatable bonds is 11. The van der Waals surface area contributed by atoms with Crippen molar-refractivity contribution in [1.29, 1.82) is 0 Å². The summed E-state index contributed by atoms with van der Waals surface area (Å²) in [5.41, 5.74) is 4.75. The fourth-order valence-electron chi connectivity index (χ4n) is 6.36. The maximum Gasteiger partial charge on any atom is 1.00 e. The number of anilines is 4. The van der Waals surface area contributed by atoms with Crippen LogP contribution in [0.3, 0.4) is 0 Å². The summed E-state index contributed by atoms with van der Waals surface area (Å²) in [6.45, 7) is 1.57. The molecule has 0 spiro atoms. The van der Waals surface area contributed by atoms with Gasteiger partial charge in [-0.1, -0.05) is 30.3 Å². The molecule has 0 atom stereocenters. The minimum atomic E-state index is -5.24. The molecule has 0 heterocycles. The number of fused-ring (bicyclic) bond motifs is 2. The van der Waals surface area contributed by atoms with E-state index in [9.17, 15) is 55.0 Å². The largest absolute Gasteiger partial charge is 1.00 e. The molecule has 312 valence electrons. The SMILES string of the molecule is Cc1cc(C(=O)Nc2ccc3c(c2)C=C(S(=O)(=O)O)/C(=N\Nc2ccccc2C(=O)O)C3=O)ccc1N/N=C1/C(=O)c2ccc(NC(=O)c3ccccc3)cc2C=C1S(=O)(=O)[O-].[Na+]. The van der Waals surface area contributed by atoms with Crippen LogP contribution in [0.5, 0.6) is 0 Å². The molecular formula is C42H29N6NaO12S2. The van der Waals surface area contributed by atoms with Gasteiger partial charge in [0.25, 0.3) is 21.9 Å². The first-order valence-corrected chi connectivity index (χ1v) is 20.8. The maximum absolute atomic E-state index is 13.5. The van der Waals surface area contributed by atoms with Crippen LogP contribution in [0.15, 0.2) is 129 Å². The van der Waals surface area contributed by atoms with E-state index in [0.717, 1.165) is 12.2 Å². The van der Waals surface area contributed by atoms with Crippen molar-refractivity contribution in [1.82, 2.24) is 0 Å². The molecule has 6 N–H and O–H groups in total. The summed E-state index contributed by atoms with van der Waals surface area (Å²) in [4.78, 5) is 62.7. The third-order valence-corrected chi connectivity index (χ3v) is 11.1. The van der Waals surface area contributed by atoms with Gasteiger partial charge in [0.2, 0.25) is 11.6 Å². The van der Waals surface area contributed by atoms with Gasteiger partial charge < -0.3 is 20.3 Å². The molecular weight excluding hydrogens is 868 g/mol. The summed E-state index contributed by atoms with van der Waals surface area (Å²) in [6, 6.07) is 26.1. The van der Waals surface area contributed by atoms with E-state index in [1.54, 1.807) is 37.3 Å². The third-order valence-electron chi connectivity index (χ3n) is 9.38. The summed E-state index contributed by atoms with van der Waals surface area (Å²) >= 11 is 0. The van der Waals surface area contributed by atoms with Crippen LogP contribution < -0.4 is 51.0 Å². The van der Waals surface area contributed by atoms with Gasteiger partial charge in [0.05, 0.1) is 21.8 Å². The second kappa shape index (κ2) is 18.2. The molecule has 18 nitrogen and oxygen atoms in total. The number of benzene rings is 5. The first kappa shape index (κ1) is 45.6. The number of hydrogen-bond acceptors (Lipinski definition) is 14. The summed E-state index contributed by atoms with van der Waals surface area (Å²) < 4.78 is 71.7. The topological polar surface area (TPSA) is 290 Å². The molecule has 63 heavy (non-hydrogen) atoms. The van der Waals surface area contributed by atoms with Crippen molar-refractivity contribution >= 4 is 95.9 Å². The Morgan fingerprint density at radius 2 is 1.13 bits per heavy atom. The number of para-hydroxylation sites is 1. The number of ketones is 2. The predicted molar refractivity (Wildman–Crippen MR) is 228 cm³/mol. The fraction of sp³-hybridized carbons (Fsp3) is 0.0238. The zero-order valence-electron chi connectivity index (χ0n) is 32.7. The number of allylic oxidation sites excluding steroid dienone is 2. The Morgan fingerprint density at radius 1 is 0.619 bits per heavy atom. The van der Waals surface area contributed by atoms with Crippen molar-refractivity contribution in [3.63, 3.8) is 0 Å². The molecule has 0 saturated carbocycles. The molecule has 0 aliphatic heterocycles. The van der Waals surface area contributed by atoms with Crippen molar-refractivity contribution < 1.29 is 84.6 Å². The summed E-state index contributed by atoms with van der Waals surface area (Å²) in [7, 11) is -10.3. The predicted octanol–water partition coefficient (Wildman–Crippen LogP) is 2.65. The number of amides is 2. The van der Waals surface area contributed by atoms with Crippen molar-refractivity contribution in [2.75, 3.05) is 21.5 Å². The van der Waals surface area contributed by atoms with Gasteiger partial charge in [-0.3, -0.25) is 34.6 Å². The Kier molecular flexibility index (Phi) is 13.2. The number of Topliss-reactive ketones (excluding diaryl/α,β-unsaturated/α-hetero) is 2. The minimum Gasteiger partial charge on any atom is -0.744 e. The molecule has 5 aromatic carbocycles. The molecule has 0 unspecified atom stereocenters. The van der Waals surface area contributed by atoms with Crippen LogP contribution in [0.25, 0.3) is 12.2 Å². The van der Waals surface area contributed by atoms with Crippen LogP contribution >= 0.6 is 0 Å². The van der Waals surface area contributed by atoms with Gasteiger partial charge in [-0.05, 0) is 115 Å². The standard InChI is InChI=1S/C42H30N6O12S2.Na/c1-22-17-24(41(52)44-28-13-15-30-26(19-28)21-35(62(58,59)60)37(39(30)50)48-46-33-10-6-5-9-31(33)42(53)54)11-16-32(22)45-47-36-34(61(55,56)57)20-25-18-27(12-14-29(25)38(36)49)43-40(51)23-7-3-2-4-8-23;/h2-21,45-46H,1H3,(H,43,51)(H,44,52)(H,53,54)(H,55,56,57)(H,58,59,60);/q;+1/p-1/b47-36+,48-37+;. The van der Waals surface area contributed by atoms with E-state index in [2.05, 4.69) is 31.7 Å². The van der Waals surface area contributed by atoms with E-state index in [1.165, 1.54) is 78.9 Å². The van der Waals surface area contributed by atoms with Crippen molar-refractivity contribution in [3.8, 4) is 0 Å². The number of nitrogens with one attached hydrogen (secondary N) is 4. The van der Waals surface area contributed by atoms with Gasteiger partial charge in [0, 0.05) is 33.6 Å². The number of carboxylic acids is 1. The quantitative estimate of drug-likeness (QED) is 0.0632. The first-order chi connectivity index (χ1) is 29.4. The molecule has 2 amide bonds. The van der Waals surface area contributed by atoms with E-state index in [4.69, 9.17) is 0 Å². The smallest absolute Gasteiger partial charge is 0.744 e.